The number of nitro benzene ring substituents is 1. The van der Waals surface area contributed by atoms with Crippen LogP contribution >= 0.6 is 11.8 Å². The number of hydrogen-bond acceptors (Lipinski definition) is 6. The molecule has 0 aromatic heterocycles. The van der Waals surface area contributed by atoms with Crippen molar-refractivity contribution in [3.63, 3.8) is 0 Å². The summed E-state index contributed by atoms with van der Waals surface area (Å²) in [6.45, 7) is 3.48. The van der Waals surface area contributed by atoms with Crippen molar-refractivity contribution in [2.75, 3.05) is 31.9 Å². The predicted molar refractivity (Wildman–Crippen MR) is 116 cm³/mol. The number of rotatable bonds is 5. The molecule has 1 saturated heterocycles. The third kappa shape index (κ3) is 5.38. The summed E-state index contributed by atoms with van der Waals surface area (Å²) in [6, 6.07) is 12.0. The number of nitrogens with two attached hydrogens (primary N) is 1. The van der Waals surface area contributed by atoms with Gasteiger partial charge in [-0.2, -0.15) is 0 Å². The highest BCUT2D eigenvalue weighted by molar-refractivity contribution is 7.99. The van der Waals surface area contributed by atoms with Gasteiger partial charge >= 0.3 is 0 Å². The molecular formula is C21H22N4O4S. The lowest BCUT2D eigenvalue weighted by Crippen LogP contribution is -2.49. The molecular weight excluding hydrogens is 404 g/mol. The smallest absolute Gasteiger partial charge is 0.283 e. The number of hydrogen-bond donors (Lipinski definition) is 1. The highest BCUT2D eigenvalue weighted by Crippen LogP contribution is 2.35. The van der Waals surface area contributed by atoms with E-state index >= 15 is 0 Å². The summed E-state index contributed by atoms with van der Waals surface area (Å²) in [7, 11) is 0. The van der Waals surface area contributed by atoms with E-state index in [0.29, 0.717) is 42.3 Å². The molecule has 2 N–H and O–H groups in total. The second-order valence-corrected chi connectivity index (χ2v) is 7.94. The van der Waals surface area contributed by atoms with E-state index in [1.54, 1.807) is 40.1 Å². The average Bonchev–Trinajstić information content (AvgIpc) is 2.74. The first-order valence-corrected chi connectivity index (χ1v) is 10.2. The topological polar surface area (TPSA) is 110 Å². The highest BCUT2D eigenvalue weighted by atomic mass is 32.2. The molecule has 2 amide bonds. The Kier molecular flexibility index (Phi) is 6.73. The molecule has 0 aliphatic carbocycles. The molecule has 0 bridgehead atoms. The Morgan fingerprint density at radius 2 is 1.70 bits per heavy atom. The Labute approximate surface area is 178 Å². The number of carbonyl (C=O) groups is 2. The van der Waals surface area contributed by atoms with Crippen LogP contribution in [0.15, 0.2) is 58.3 Å². The lowest BCUT2D eigenvalue weighted by Gasteiger charge is -2.33. The van der Waals surface area contributed by atoms with Gasteiger partial charge in [0.15, 0.2) is 0 Å². The van der Waals surface area contributed by atoms with Gasteiger partial charge in [0.05, 0.1) is 9.82 Å². The molecule has 2 aromatic carbocycles. The van der Waals surface area contributed by atoms with Crippen molar-refractivity contribution >= 4 is 41.0 Å². The molecule has 1 heterocycles. The van der Waals surface area contributed by atoms with Crippen molar-refractivity contribution in [1.29, 1.82) is 0 Å². The summed E-state index contributed by atoms with van der Waals surface area (Å²) in [5, 5.41) is 11.5. The maximum Gasteiger partial charge on any atom is 0.283 e. The normalized spacial score (nSPS) is 14.2. The second-order valence-electron chi connectivity index (χ2n) is 6.82. The van der Waals surface area contributed by atoms with Crippen LogP contribution in [0.4, 0.5) is 11.4 Å². The number of amides is 2. The number of nitrogen functional groups attached to an aromatic ring is 1. The maximum absolute atomic E-state index is 12.4. The number of benzene rings is 2. The van der Waals surface area contributed by atoms with Gasteiger partial charge in [0.25, 0.3) is 5.69 Å². The second kappa shape index (κ2) is 9.45. The molecule has 8 nitrogen and oxygen atoms in total. The summed E-state index contributed by atoms with van der Waals surface area (Å²) in [5.41, 5.74) is 6.85. The highest BCUT2D eigenvalue weighted by Gasteiger charge is 2.21. The summed E-state index contributed by atoms with van der Waals surface area (Å²) >= 11 is 1.28. The van der Waals surface area contributed by atoms with E-state index in [1.165, 1.54) is 30.8 Å². The molecule has 1 fully saturated rings. The fourth-order valence-corrected chi connectivity index (χ4v) is 3.94. The molecule has 0 saturated carbocycles. The van der Waals surface area contributed by atoms with E-state index in [9.17, 15) is 19.7 Å². The van der Waals surface area contributed by atoms with Crippen LogP contribution in [0.2, 0.25) is 0 Å². The van der Waals surface area contributed by atoms with Crippen LogP contribution in [-0.2, 0) is 9.59 Å². The Morgan fingerprint density at radius 1 is 1.07 bits per heavy atom. The summed E-state index contributed by atoms with van der Waals surface area (Å²) in [6.07, 6.45) is 2.99. The van der Waals surface area contributed by atoms with E-state index in [-0.39, 0.29) is 17.5 Å². The van der Waals surface area contributed by atoms with Crippen molar-refractivity contribution in [1.82, 2.24) is 9.80 Å². The van der Waals surface area contributed by atoms with Crippen LogP contribution in [0, 0.1) is 10.1 Å². The first-order chi connectivity index (χ1) is 14.3. The van der Waals surface area contributed by atoms with Crippen LogP contribution in [0.5, 0.6) is 0 Å². The molecule has 1 aliphatic heterocycles. The van der Waals surface area contributed by atoms with Crippen LogP contribution in [0.1, 0.15) is 12.5 Å². The van der Waals surface area contributed by atoms with E-state index in [1.807, 2.05) is 12.1 Å². The first kappa shape index (κ1) is 21.4. The largest absolute Gasteiger partial charge is 0.399 e. The van der Waals surface area contributed by atoms with Gasteiger partial charge in [-0.3, -0.25) is 19.7 Å². The van der Waals surface area contributed by atoms with Gasteiger partial charge in [0.1, 0.15) is 0 Å². The lowest BCUT2D eigenvalue weighted by molar-refractivity contribution is -0.387. The Hall–Kier alpha value is -3.33. The summed E-state index contributed by atoms with van der Waals surface area (Å²) < 4.78 is 0. The monoisotopic (exact) mass is 426 g/mol. The number of carbonyl (C=O) groups excluding carboxylic acids is 2. The lowest BCUT2D eigenvalue weighted by atomic mass is 10.2. The third-order valence-electron chi connectivity index (χ3n) is 4.74. The van der Waals surface area contributed by atoms with Gasteiger partial charge in [0.2, 0.25) is 11.8 Å². The standard InChI is InChI=1S/C21H22N4O4S/c1-15(26)23-10-12-24(13-11-23)21(27)9-3-16-2-8-20(19(14-16)25(28)29)30-18-6-4-17(22)5-7-18/h2-9,14H,10-13,22H2,1H3/b9-3+. The average molecular weight is 426 g/mol. The number of piperazine rings is 1. The molecule has 1 aliphatic rings. The van der Waals surface area contributed by atoms with Crippen molar-refractivity contribution in [2.24, 2.45) is 0 Å². The summed E-state index contributed by atoms with van der Waals surface area (Å²) in [5.74, 6) is -0.178. The molecule has 30 heavy (non-hydrogen) atoms. The van der Waals surface area contributed by atoms with Gasteiger partial charge in [-0.15, -0.1) is 0 Å². The zero-order chi connectivity index (χ0) is 21.7. The molecule has 3 rings (SSSR count). The van der Waals surface area contributed by atoms with Gasteiger partial charge in [-0.25, -0.2) is 0 Å². The number of anilines is 1. The van der Waals surface area contributed by atoms with E-state index in [2.05, 4.69) is 0 Å². The van der Waals surface area contributed by atoms with Gasteiger partial charge < -0.3 is 15.5 Å². The summed E-state index contributed by atoms with van der Waals surface area (Å²) in [4.78, 5) is 39.6. The molecule has 9 heteroatoms. The zero-order valence-corrected chi connectivity index (χ0v) is 17.3. The predicted octanol–water partition coefficient (Wildman–Crippen LogP) is 3.03. The van der Waals surface area contributed by atoms with Gasteiger partial charge in [0, 0.05) is 55.8 Å². The van der Waals surface area contributed by atoms with Crippen LogP contribution in [-0.4, -0.2) is 52.7 Å². The van der Waals surface area contributed by atoms with Crippen molar-refractivity contribution < 1.29 is 14.5 Å². The van der Waals surface area contributed by atoms with Crippen molar-refractivity contribution in [3.8, 4) is 0 Å². The quantitative estimate of drug-likeness (QED) is 0.341. The number of nitrogens with zero attached hydrogens (tertiary/aromatic N) is 3. The minimum absolute atomic E-state index is 0.00174. The molecule has 0 spiro atoms. The van der Waals surface area contributed by atoms with Gasteiger partial charge in [-0.1, -0.05) is 17.8 Å². The van der Waals surface area contributed by atoms with E-state index in [4.69, 9.17) is 5.73 Å². The molecule has 2 aromatic rings. The van der Waals surface area contributed by atoms with E-state index in [0.717, 1.165) is 4.90 Å². The van der Waals surface area contributed by atoms with Crippen molar-refractivity contribution in [3.05, 3.63) is 64.2 Å². The minimum Gasteiger partial charge on any atom is -0.399 e. The molecule has 0 unspecified atom stereocenters. The fraction of sp³-hybridized carbons (Fsp3) is 0.238. The van der Waals surface area contributed by atoms with Gasteiger partial charge in [-0.05, 0) is 42.0 Å². The molecule has 0 radical (unpaired) electrons. The first-order valence-electron chi connectivity index (χ1n) is 9.38. The Balaban J connectivity index is 1.69. The van der Waals surface area contributed by atoms with Crippen LogP contribution in [0.3, 0.4) is 0 Å². The third-order valence-corrected chi connectivity index (χ3v) is 5.82. The minimum atomic E-state index is -0.431. The number of nitro groups is 1. The SMILES string of the molecule is CC(=O)N1CCN(C(=O)/C=C/c2ccc(Sc3ccc(N)cc3)c([N+](=O)[O-])c2)CC1. The van der Waals surface area contributed by atoms with Crippen LogP contribution < -0.4 is 5.73 Å². The van der Waals surface area contributed by atoms with Crippen LogP contribution in [0.25, 0.3) is 6.08 Å². The molecule has 156 valence electrons. The van der Waals surface area contributed by atoms with Crippen molar-refractivity contribution in [2.45, 2.75) is 16.7 Å². The maximum atomic E-state index is 12.4. The zero-order valence-electron chi connectivity index (χ0n) is 16.5. The van der Waals surface area contributed by atoms with E-state index < -0.39 is 4.92 Å². The Morgan fingerprint density at radius 3 is 2.30 bits per heavy atom. The molecule has 0 atom stereocenters. The fourth-order valence-electron chi connectivity index (χ4n) is 3.04. The Bertz CT molecular complexity index is 983.